The molecule has 1 aromatic rings. The van der Waals surface area contributed by atoms with Crippen LogP contribution in [-0.4, -0.2) is 16.1 Å². The fourth-order valence-electron chi connectivity index (χ4n) is 1.81. The van der Waals surface area contributed by atoms with Gasteiger partial charge in [0, 0.05) is 5.38 Å². The Kier molecular flexibility index (Phi) is 4.09. The average Bonchev–Trinajstić information content (AvgIpc) is 2.92. The number of aromatic nitrogens is 2. The fraction of sp³-hybridized carbons (Fsp3) is 0.818. The minimum absolute atomic E-state index is 0.435. The van der Waals surface area contributed by atoms with Crippen molar-refractivity contribution in [3.63, 3.8) is 0 Å². The molecule has 15 heavy (non-hydrogen) atoms. The van der Waals surface area contributed by atoms with Crippen LogP contribution in [0.3, 0.4) is 0 Å². The first kappa shape index (κ1) is 11.0. The van der Waals surface area contributed by atoms with E-state index in [-0.39, 0.29) is 0 Å². The van der Waals surface area contributed by atoms with Crippen LogP contribution in [0.4, 0.5) is 0 Å². The first-order chi connectivity index (χ1) is 7.40. The van der Waals surface area contributed by atoms with Crippen molar-refractivity contribution in [3.05, 3.63) is 11.1 Å². The summed E-state index contributed by atoms with van der Waals surface area (Å²) in [4.78, 5) is 0. The smallest absolute Gasteiger partial charge is 0.0924 e. The third kappa shape index (κ3) is 3.54. The van der Waals surface area contributed by atoms with E-state index in [1.807, 2.05) is 0 Å². The number of rotatable bonds is 7. The number of hydrogen-bond donors (Lipinski definition) is 1. The lowest BCUT2D eigenvalue weighted by Gasteiger charge is -2.15. The van der Waals surface area contributed by atoms with Gasteiger partial charge in [0.25, 0.3) is 0 Å². The molecular formula is C11H19N3S. The monoisotopic (exact) mass is 225 g/mol. The molecule has 3 nitrogen and oxygen atoms in total. The Balaban J connectivity index is 1.83. The third-order valence-corrected chi connectivity index (χ3v) is 3.46. The van der Waals surface area contributed by atoms with Gasteiger partial charge in [0.1, 0.15) is 0 Å². The van der Waals surface area contributed by atoms with E-state index in [1.165, 1.54) is 43.6 Å². The van der Waals surface area contributed by atoms with Gasteiger partial charge in [0.15, 0.2) is 0 Å². The van der Waals surface area contributed by atoms with E-state index in [9.17, 15) is 0 Å². The zero-order chi connectivity index (χ0) is 10.5. The second-order valence-electron chi connectivity index (χ2n) is 4.36. The van der Waals surface area contributed by atoms with Crippen LogP contribution in [0.25, 0.3) is 0 Å². The van der Waals surface area contributed by atoms with Crippen LogP contribution in [0.5, 0.6) is 0 Å². The summed E-state index contributed by atoms with van der Waals surface area (Å²) in [6.07, 6.45) is 6.62. The summed E-state index contributed by atoms with van der Waals surface area (Å²) >= 11 is 1.45. The van der Waals surface area contributed by atoms with Crippen molar-refractivity contribution in [1.82, 2.24) is 14.9 Å². The molecule has 1 aliphatic carbocycles. The Labute approximate surface area is 95.4 Å². The number of nitrogens with zero attached hydrogens (tertiary/aromatic N) is 2. The maximum Gasteiger partial charge on any atom is 0.0924 e. The molecule has 1 N–H and O–H groups in total. The third-order valence-electron chi connectivity index (χ3n) is 2.94. The Bertz CT molecular complexity index is 269. The van der Waals surface area contributed by atoms with E-state index in [0.717, 1.165) is 18.2 Å². The highest BCUT2D eigenvalue weighted by atomic mass is 32.1. The number of hydrogen-bond acceptors (Lipinski definition) is 4. The zero-order valence-corrected chi connectivity index (χ0v) is 10.1. The second-order valence-corrected chi connectivity index (χ2v) is 4.97. The molecule has 1 aliphatic rings. The molecule has 0 spiro atoms. The van der Waals surface area contributed by atoms with E-state index in [1.54, 1.807) is 0 Å². The number of nitrogens with one attached hydrogen (secondary N) is 1. The minimum atomic E-state index is 0.435. The molecule has 1 aromatic heterocycles. The van der Waals surface area contributed by atoms with Gasteiger partial charge >= 0.3 is 0 Å². The van der Waals surface area contributed by atoms with Crippen molar-refractivity contribution in [1.29, 1.82) is 0 Å². The largest absolute Gasteiger partial charge is 0.309 e. The van der Waals surface area contributed by atoms with Crippen molar-refractivity contribution in [2.45, 2.75) is 45.1 Å². The quantitative estimate of drug-likeness (QED) is 0.775. The predicted molar refractivity (Wildman–Crippen MR) is 62.9 cm³/mol. The van der Waals surface area contributed by atoms with Gasteiger partial charge in [-0.05, 0) is 43.3 Å². The predicted octanol–water partition coefficient (Wildman–Crippen LogP) is 2.77. The molecule has 4 heteroatoms. The molecular weight excluding hydrogens is 206 g/mol. The lowest BCUT2D eigenvalue weighted by atomic mass is 10.1. The standard InChI is InChI=1S/C11H19N3S/c1-2-7-12-10(6-5-9-3-4-9)11-8-15-14-13-11/h8-10,12H,2-7H2,1H3. The summed E-state index contributed by atoms with van der Waals surface area (Å²) < 4.78 is 3.95. The highest BCUT2D eigenvalue weighted by Crippen LogP contribution is 2.35. The minimum Gasteiger partial charge on any atom is -0.309 e. The van der Waals surface area contributed by atoms with E-state index >= 15 is 0 Å². The summed E-state index contributed by atoms with van der Waals surface area (Å²) in [7, 11) is 0. The van der Waals surface area contributed by atoms with Gasteiger partial charge in [0.2, 0.25) is 0 Å². The van der Waals surface area contributed by atoms with Crippen LogP contribution < -0.4 is 5.32 Å². The van der Waals surface area contributed by atoms with E-state index in [0.29, 0.717) is 6.04 Å². The molecule has 1 unspecified atom stereocenters. The Morgan fingerprint density at radius 3 is 3.07 bits per heavy atom. The van der Waals surface area contributed by atoms with Gasteiger partial charge < -0.3 is 5.32 Å². The van der Waals surface area contributed by atoms with Crippen molar-refractivity contribution >= 4 is 11.5 Å². The van der Waals surface area contributed by atoms with Gasteiger partial charge in [0.05, 0.1) is 11.7 Å². The Morgan fingerprint density at radius 2 is 2.47 bits per heavy atom. The molecule has 0 bridgehead atoms. The van der Waals surface area contributed by atoms with Gasteiger partial charge in [-0.25, -0.2) is 0 Å². The molecule has 0 aliphatic heterocycles. The molecule has 1 fully saturated rings. The van der Waals surface area contributed by atoms with Crippen LogP contribution in [0.15, 0.2) is 5.38 Å². The lowest BCUT2D eigenvalue weighted by molar-refractivity contribution is 0.460. The summed E-state index contributed by atoms with van der Waals surface area (Å²) in [5.74, 6) is 1.00. The topological polar surface area (TPSA) is 37.8 Å². The van der Waals surface area contributed by atoms with E-state index in [2.05, 4.69) is 27.2 Å². The molecule has 1 heterocycles. The van der Waals surface area contributed by atoms with Crippen LogP contribution in [0, 0.1) is 5.92 Å². The normalized spacial score (nSPS) is 17.9. The average molecular weight is 225 g/mol. The molecule has 0 amide bonds. The highest BCUT2D eigenvalue weighted by molar-refractivity contribution is 7.03. The molecule has 0 aromatic carbocycles. The van der Waals surface area contributed by atoms with Crippen LogP contribution in [-0.2, 0) is 0 Å². The lowest BCUT2D eigenvalue weighted by Crippen LogP contribution is -2.22. The van der Waals surface area contributed by atoms with Crippen LogP contribution >= 0.6 is 11.5 Å². The molecule has 0 radical (unpaired) electrons. The van der Waals surface area contributed by atoms with Gasteiger partial charge in [-0.15, -0.1) is 5.10 Å². The first-order valence-electron chi connectivity index (χ1n) is 5.90. The first-order valence-corrected chi connectivity index (χ1v) is 6.74. The van der Waals surface area contributed by atoms with Gasteiger partial charge in [-0.2, -0.15) is 0 Å². The SMILES string of the molecule is CCCNC(CCC1CC1)c1csnn1. The Morgan fingerprint density at radius 1 is 1.60 bits per heavy atom. The zero-order valence-electron chi connectivity index (χ0n) is 9.28. The Hall–Kier alpha value is -0.480. The van der Waals surface area contributed by atoms with Crippen molar-refractivity contribution in [3.8, 4) is 0 Å². The van der Waals surface area contributed by atoms with Crippen LogP contribution in [0.2, 0.25) is 0 Å². The molecule has 0 saturated heterocycles. The van der Waals surface area contributed by atoms with Crippen molar-refractivity contribution in [2.75, 3.05) is 6.54 Å². The maximum atomic E-state index is 4.17. The van der Waals surface area contributed by atoms with Crippen LogP contribution in [0.1, 0.15) is 50.8 Å². The summed E-state index contributed by atoms with van der Waals surface area (Å²) in [6, 6.07) is 0.435. The summed E-state index contributed by atoms with van der Waals surface area (Å²) in [6.45, 7) is 3.27. The van der Waals surface area contributed by atoms with Gasteiger partial charge in [-0.3, -0.25) is 0 Å². The summed E-state index contributed by atoms with van der Waals surface area (Å²) in [5.41, 5.74) is 1.13. The molecule has 2 rings (SSSR count). The fourth-order valence-corrected chi connectivity index (χ4v) is 2.31. The van der Waals surface area contributed by atoms with Crippen molar-refractivity contribution < 1.29 is 0 Å². The second kappa shape index (κ2) is 5.56. The maximum absolute atomic E-state index is 4.17. The van der Waals surface area contributed by atoms with E-state index < -0.39 is 0 Å². The molecule has 1 saturated carbocycles. The molecule has 84 valence electrons. The van der Waals surface area contributed by atoms with Gasteiger partial charge in [-0.1, -0.05) is 24.3 Å². The van der Waals surface area contributed by atoms with E-state index in [4.69, 9.17) is 0 Å². The highest BCUT2D eigenvalue weighted by Gasteiger charge is 2.23. The summed E-state index contributed by atoms with van der Waals surface area (Å²) in [5, 5.41) is 9.80. The molecule has 1 atom stereocenters. The van der Waals surface area contributed by atoms with Crippen molar-refractivity contribution in [2.24, 2.45) is 5.92 Å².